The van der Waals surface area contributed by atoms with E-state index in [1.54, 1.807) is 0 Å². The zero-order valence-electron chi connectivity index (χ0n) is 18.1. The van der Waals surface area contributed by atoms with Gasteiger partial charge in [-0.2, -0.15) is 0 Å². The molecule has 30 heavy (non-hydrogen) atoms. The van der Waals surface area contributed by atoms with E-state index in [2.05, 4.69) is 106 Å². The van der Waals surface area contributed by atoms with Crippen LogP contribution in [0.4, 0.5) is 0 Å². The van der Waals surface area contributed by atoms with E-state index in [-0.39, 0.29) is 0 Å². The van der Waals surface area contributed by atoms with Gasteiger partial charge in [0.15, 0.2) is 0 Å². The molecule has 0 aromatic heterocycles. The quantitative estimate of drug-likeness (QED) is 0.378. The summed E-state index contributed by atoms with van der Waals surface area (Å²) in [4.78, 5) is 0. The molecule has 0 heterocycles. The first-order valence-electron chi connectivity index (χ1n) is 10.5. The Bertz CT molecular complexity index is 1200. The fourth-order valence-corrected chi connectivity index (χ4v) is 4.29. The van der Waals surface area contributed by atoms with Crippen LogP contribution in [-0.4, -0.2) is 5.11 Å². The predicted molar refractivity (Wildman–Crippen MR) is 128 cm³/mol. The van der Waals surface area contributed by atoms with Crippen molar-refractivity contribution in [2.24, 2.45) is 0 Å². The lowest BCUT2D eigenvalue weighted by Gasteiger charge is -2.22. The fraction of sp³-hybridized carbons (Fsp3) is 0.172. The molecule has 0 radical (unpaired) electrons. The smallest absolute Gasteiger partial charge is 0.0768 e. The zero-order chi connectivity index (χ0) is 21.3. The van der Waals surface area contributed by atoms with Crippen LogP contribution in [0.3, 0.4) is 0 Å². The summed E-state index contributed by atoms with van der Waals surface area (Å²) in [5.74, 6) is 0. The lowest BCUT2D eigenvalue weighted by atomic mass is 9.83. The van der Waals surface area contributed by atoms with E-state index in [9.17, 15) is 5.11 Å². The molecule has 0 fully saturated rings. The van der Waals surface area contributed by atoms with Gasteiger partial charge in [0.05, 0.1) is 6.10 Å². The van der Waals surface area contributed by atoms with Crippen LogP contribution in [0, 0.1) is 20.8 Å². The highest BCUT2D eigenvalue weighted by atomic mass is 16.3. The lowest BCUT2D eigenvalue weighted by Crippen LogP contribution is -2.01. The van der Waals surface area contributed by atoms with Gasteiger partial charge in [-0.3, -0.25) is 0 Å². The van der Waals surface area contributed by atoms with Crippen molar-refractivity contribution in [2.75, 3.05) is 0 Å². The second-order valence-electron chi connectivity index (χ2n) is 8.11. The van der Waals surface area contributed by atoms with Crippen LogP contribution in [-0.2, 0) is 0 Å². The van der Waals surface area contributed by atoms with Crippen molar-refractivity contribution >= 4 is 0 Å². The molecule has 0 bridgehead atoms. The van der Waals surface area contributed by atoms with Gasteiger partial charge in [0.1, 0.15) is 0 Å². The van der Waals surface area contributed by atoms with Gasteiger partial charge in [-0.25, -0.2) is 0 Å². The number of hydrogen-bond donors (Lipinski definition) is 1. The van der Waals surface area contributed by atoms with Crippen molar-refractivity contribution in [3.63, 3.8) is 0 Å². The van der Waals surface area contributed by atoms with Crippen molar-refractivity contribution in [2.45, 2.75) is 33.8 Å². The van der Waals surface area contributed by atoms with Crippen LogP contribution in [0.1, 0.15) is 35.3 Å². The average molecular weight is 393 g/mol. The van der Waals surface area contributed by atoms with E-state index >= 15 is 0 Å². The van der Waals surface area contributed by atoms with Crippen LogP contribution in [0.25, 0.3) is 33.4 Å². The van der Waals surface area contributed by atoms with Gasteiger partial charge in [-0.05, 0) is 95.5 Å². The van der Waals surface area contributed by atoms with E-state index in [4.69, 9.17) is 0 Å². The van der Waals surface area contributed by atoms with Gasteiger partial charge in [0, 0.05) is 0 Å². The monoisotopic (exact) mass is 392 g/mol. The molecule has 0 spiro atoms. The minimum atomic E-state index is -0.577. The van der Waals surface area contributed by atoms with E-state index in [0.717, 1.165) is 16.7 Å². The van der Waals surface area contributed by atoms with Gasteiger partial charge in [0.25, 0.3) is 0 Å². The third kappa shape index (κ3) is 3.69. The molecule has 0 aliphatic carbocycles. The van der Waals surface area contributed by atoms with Crippen molar-refractivity contribution in [3.8, 4) is 33.4 Å². The minimum Gasteiger partial charge on any atom is -0.389 e. The summed E-state index contributed by atoms with van der Waals surface area (Å²) in [5.41, 5.74) is 11.6. The number of aliphatic hydroxyl groups is 1. The molecule has 1 heteroatoms. The van der Waals surface area contributed by atoms with Crippen LogP contribution in [0.2, 0.25) is 0 Å². The van der Waals surface area contributed by atoms with Crippen molar-refractivity contribution < 1.29 is 5.11 Å². The largest absolute Gasteiger partial charge is 0.389 e. The summed E-state index contributed by atoms with van der Waals surface area (Å²) in [7, 11) is 0. The molecule has 0 aliphatic rings. The van der Waals surface area contributed by atoms with Gasteiger partial charge in [-0.15, -0.1) is 0 Å². The van der Waals surface area contributed by atoms with Crippen LogP contribution in [0.5, 0.6) is 0 Å². The molecular formula is C29H28O. The summed E-state index contributed by atoms with van der Waals surface area (Å²) in [6.07, 6.45) is -0.577. The van der Waals surface area contributed by atoms with Gasteiger partial charge in [0.2, 0.25) is 0 Å². The maximum Gasteiger partial charge on any atom is 0.0768 e. The lowest BCUT2D eigenvalue weighted by molar-refractivity contribution is 0.200. The highest BCUT2D eigenvalue weighted by Crippen LogP contribution is 2.43. The average Bonchev–Trinajstić information content (AvgIpc) is 2.74. The molecule has 0 aliphatic heterocycles. The first-order chi connectivity index (χ1) is 14.5. The molecule has 0 amide bonds. The Morgan fingerprint density at radius 1 is 0.567 bits per heavy atom. The topological polar surface area (TPSA) is 20.2 Å². The molecule has 1 nitrogen and oxygen atoms in total. The third-order valence-electron chi connectivity index (χ3n) is 5.92. The first-order valence-corrected chi connectivity index (χ1v) is 10.5. The number of rotatable bonds is 4. The summed E-state index contributed by atoms with van der Waals surface area (Å²) < 4.78 is 0. The Balaban J connectivity index is 2.13. The Kier molecular flexibility index (Phi) is 5.57. The van der Waals surface area contributed by atoms with Crippen LogP contribution < -0.4 is 0 Å². The molecular weight excluding hydrogens is 364 g/mol. The van der Waals surface area contributed by atoms with Gasteiger partial charge >= 0.3 is 0 Å². The van der Waals surface area contributed by atoms with Crippen molar-refractivity contribution in [1.82, 2.24) is 0 Å². The maximum absolute atomic E-state index is 10.8. The number of aliphatic hydroxyl groups excluding tert-OH is 1. The number of hydrogen-bond acceptors (Lipinski definition) is 1. The zero-order valence-corrected chi connectivity index (χ0v) is 18.1. The normalized spacial score (nSPS) is 12.0. The fourth-order valence-electron chi connectivity index (χ4n) is 4.29. The predicted octanol–water partition coefficient (Wildman–Crippen LogP) is 7.67. The Morgan fingerprint density at radius 3 is 1.53 bits per heavy atom. The van der Waals surface area contributed by atoms with Crippen molar-refractivity contribution in [3.05, 3.63) is 107 Å². The summed E-state index contributed by atoms with van der Waals surface area (Å²) in [6, 6.07) is 29.8. The number of aryl methyl sites for hydroxylation is 3. The SMILES string of the molecule is Cc1ccccc1-c1cc(-c2ccccc2C)c(-c2ccccc2C)c([C@H](C)O)c1. The Hall–Kier alpha value is -3.16. The Labute approximate surface area is 179 Å². The van der Waals surface area contributed by atoms with Crippen LogP contribution >= 0.6 is 0 Å². The molecule has 1 atom stereocenters. The molecule has 4 rings (SSSR count). The third-order valence-corrected chi connectivity index (χ3v) is 5.92. The molecule has 0 unspecified atom stereocenters. The van der Waals surface area contributed by atoms with E-state index in [0.29, 0.717) is 0 Å². The minimum absolute atomic E-state index is 0.577. The van der Waals surface area contributed by atoms with Gasteiger partial charge < -0.3 is 5.11 Å². The summed E-state index contributed by atoms with van der Waals surface area (Å²) in [6.45, 7) is 8.29. The first kappa shape index (κ1) is 20.1. The second kappa shape index (κ2) is 8.30. The standard InChI is InChI=1S/C29H28O/c1-19-11-5-8-14-24(19)23-17-27(22(4)30)29(26-16-10-7-13-21(26)3)28(18-23)25-15-9-6-12-20(25)2/h5-18,22,30H,1-4H3/t22-/m0/s1. The molecule has 150 valence electrons. The molecule has 4 aromatic carbocycles. The molecule has 0 saturated carbocycles. The van der Waals surface area contributed by atoms with E-state index < -0.39 is 6.10 Å². The highest BCUT2D eigenvalue weighted by Gasteiger charge is 2.20. The molecule has 0 saturated heterocycles. The van der Waals surface area contributed by atoms with Gasteiger partial charge in [-0.1, -0.05) is 72.8 Å². The van der Waals surface area contributed by atoms with Crippen LogP contribution in [0.15, 0.2) is 84.9 Å². The molecule has 4 aromatic rings. The van der Waals surface area contributed by atoms with E-state index in [1.165, 1.54) is 38.9 Å². The maximum atomic E-state index is 10.8. The summed E-state index contributed by atoms with van der Waals surface area (Å²) >= 11 is 0. The summed E-state index contributed by atoms with van der Waals surface area (Å²) in [5, 5.41) is 10.8. The van der Waals surface area contributed by atoms with Crippen molar-refractivity contribution in [1.29, 1.82) is 0 Å². The molecule has 1 N–H and O–H groups in total. The second-order valence-corrected chi connectivity index (χ2v) is 8.11. The Morgan fingerprint density at radius 2 is 1.03 bits per heavy atom. The van der Waals surface area contributed by atoms with E-state index in [1.807, 2.05) is 6.92 Å². The highest BCUT2D eigenvalue weighted by molar-refractivity contribution is 5.91. The number of benzene rings is 4.